The molecule has 0 saturated heterocycles. The van der Waals surface area contributed by atoms with E-state index in [2.05, 4.69) is 86.8 Å². The second-order valence-electron chi connectivity index (χ2n) is 11.7. The number of ether oxygens (including phenoxy) is 1. The normalized spacial score (nSPS) is 13.1. The first-order valence-corrected chi connectivity index (χ1v) is 17.9. The van der Waals surface area contributed by atoms with E-state index in [-0.39, 0.29) is 18.5 Å². The van der Waals surface area contributed by atoms with Gasteiger partial charge in [0.15, 0.2) is 0 Å². The van der Waals surface area contributed by atoms with Gasteiger partial charge in [0.05, 0.1) is 0 Å². The molecule has 1 unspecified atom stereocenters. The first-order valence-electron chi connectivity index (χ1n) is 17.9. The Hall–Kier alpha value is -2.62. The average molecular weight is 611 g/mol. The Bertz CT molecular complexity index is 830. The van der Waals surface area contributed by atoms with Crippen LogP contribution >= 0.6 is 0 Å². The van der Waals surface area contributed by atoms with E-state index in [0.717, 1.165) is 70.6 Å². The number of carbonyl (C=O) groups excluding carboxylic acids is 1. The molecular weight excluding hydrogens is 544 g/mol. The van der Waals surface area contributed by atoms with E-state index in [1.165, 1.54) is 51.4 Å². The molecular formula is C40H66O4. The van der Waals surface area contributed by atoms with Crippen molar-refractivity contribution in [2.75, 3.05) is 0 Å². The summed E-state index contributed by atoms with van der Waals surface area (Å²) in [6.07, 6.45) is 49.1. The summed E-state index contributed by atoms with van der Waals surface area (Å²) in [4.78, 5) is 23.3. The van der Waals surface area contributed by atoms with E-state index in [4.69, 9.17) is 9.84 Å². The predicted molar refractivity (Wildman–Crippen MR) is 190 cm³/mol. The maximum absolute atomic E-state index is 12.5. The first-order chi connectivity index (χ1) is 21.6. The highest BCUT2D eigenvalue weighted by Gasteiger charge is 2.14. The van der Waals surface area contributed by atoms with Crippen LogP contribution in [0, 0.1) is 0 Å². The zero-order valence-corrected chi connectivity index (χ0v) is 28.4. The topological polar surface area (TPSA) is 63.6 Å². The SMILES string of the molecule is CC/C=C\C/C=C\C/C=C\C/C=C\C/C=C\C/C=C\CCC(=O)OC(CCCCCCCCCCC)CCCCCC(=O)O. The lowest BCUT2D eigenvalue weighted by Crippen LogP contribution is -2.18. The van der Waals surface area contributed by atoms with Crippen molar-refractivity contribution < 1.29 is 19.4 Å². The molecule has 0 amide bonds. The molecule has 4 nitrogen and oxygen atoms in total. The molecule has 0 aromatic carbocycles. The molecule has 0 aromatic heterocycles. The molecule has 4 heteroatoms. The van der Waals surface area contributed by atoms with E-state index >= 15 is 0 Å². The number of carboxylic acids is 1. The maximum Gasteiger partial charge on any atom is 0.306 e. The lowest BCUT2D eigenvalue weighted by atomic mass is 10.0. The van der Waals surface area contributed by atoms with Crippen molar-refractivity contribution in [1.82, 2.24) is 0 Å². The van der Waals surface area contributed by atoms with Gasteiger partial charge in [-0.3, -0.25) is 9.59 Å². The van der Waals surface area contributed by atoms with Gasteiger partial charge in [0.1, 0.15) is 6.10 Å². The number of aliphatic carboxylic acids is 1. The standard InChI is InChI=1S/C40H66O4/c1-3-5-7-9-11-13-14-15-16-17-18-19-20-21-22-24-26-28-33-37-40(43)44-38(35-31-29-32-36-39(41)42)34-30-27-25-23-12-10-8-6-4-2/h5,7,11,13,15-16,18-19,21-22,26,28,38H,3-4,6,8-10,12,14,17,20,23-25,27,29-37H2,1-2H3,(H,41,42)/b7-5-,13-11-,16-15-,19-18-,22-21-,28-26-. The zero-order chi connectivity index (χ0) is 32.2. The number of allylic oxidation sites excluding steroid dienone is 12. The van der Waals surface area contributed by atoms with Gasteiger partial charge in [-0.2, -0.15) is 0 Å². The lowest BCUT2D eigenvalue weighted by molar-refractivity contribution is -0.149. The summed E-state index contributed by atoms with van der Waals surface area (Å²) in [7, 11) is 0. The summed E-state index contributed by atoms with van der Waals surface area (Å²) >= 11 is 0. The largest absolute Gasteiger partial charge is 0.481 e. The van der Waals surface area contributed by atoms with Crippen LogP contribution in [0.25, 0.3) is 0 Å². The maximum atomic E-state index is 12.5. The highest BCUT2D eigenvalue weighted by molar-refractivity contribution is 5.69. The Kier molecular flexibility index (Phi) is 32.8. The molecule has 0 aliphatic rings. The van der Waals surface area contributed by atoms with Crippen LogP contribution in [0.1, 0.15) is 162 Å². The van der Waals surface area contributed by atoms with Crippen molar-refractivity contribution in [2.24, 2.45) is 0 Å². The van der Waals surface area contributed by atoms with Gasteiger partial charge in [-0.05, 0) is 77.0 Å². The Balaban J connectivity index is 4.11. The fourth-order valence-electron chi connectivity index (χ4n) is 4.86. The van der Waals surface area contributed by atoms with Crippen LogP contribution in [0.5, 0.6) is 0 Å². The number of unbranched alkanes of at least 4 members (excludes halogenated alkanes) is 10. The van der Waals surface area contributed by atoms with Crippen molar-refractivity contribution in [3.8, 4) is 0 Å². The third-order valence-corrected chi connectivity index (χ3v) is 7.46. The molecule has 0 rings (SSSR count). The van der Waals surface area contributed by atoms with Crippen molar-refractivity contribution >= 4 is 11.9 Å². The van der Waals surface area contributed by atoms with Gasteiger partial charge in [0.2, 0.25) is 0 Å². The summed E-state index contributed by atoms with van der Waals surface area (Å²) in [6, 6.07) is 0. The van der Waals surface area contributed by atoms with Gasteiger partial charge in [0.25, 0.3) is 0 Å². The van der Waals surface area contributed by atoms with E-state index in [1.54, 1.807) is 0 Å². The molecule has 0 radical (unpaired) electrons. The smallest absolute Gasteiger partial charge is 0.306 e. The molecule has 1 atom stereocenters. The lowest BCUT2D eigenvalue weighted by Gasteiger charge is -2.18. The average Bonchev–Trinajstić information content (AvgIpc) is 3.00. The second-order valence-corrected chi connectivity index (χ2v) is 11.7. The Morgan fingerprint density at radius 1 is 0.523 bits per heavy atom. The molecule has 1 N–H and O–H groups in total. The molecule has 0 heterocycles. The first kappa shape index (κ1) is 41.4. The predicted octanol–water partition coefficient (Wildman–Crippen LogP) is 12.3. The fraction of sp³-hybridized carbons (Fsp3) is 0.650. The van der Waals surface area contributed by atoms with Gasteiger partial charge >= 0.3 is 11.9 Å². The van der Waals surface area contributed by atoms with Crippen LogP contribution in [-0.4, -0.2) is 23.1 Å². The van der Waals surface area contributed by atoms with Gasteiger partial charge in [0, 0.05) is 12.8 Å². The Morgan fingerprint density at radius 3 is 1.39 bits per heavy atom. The van der Waals surface area contributed by atoms with Crippen LogP contribution in [0.15, 0.2) is 72.9 Å². The molecule has 0 bridgehead atoms. The molecule has 44 heavy (non-hydrogen) atoms. The Labute approximate surface area is 271 Å². The zero-order valence-electron chi connectivity index (χ0n) is 28.4. The second kappa shape index (κ2) is 34.9. The summed E-state index contributed by atoms with van der Waals surface area (Å²) in [5, 5.41) is 8.85. The van der Waals surface area contributed by atoms with Crippen molar-refractivity contribution in [3.63, 3.8) is 0 Å². The Morgan fingerprint density at radius 2 is 0.932 bits per heavy atom. The van der Waals surface area contributed by atoms with Crippen molar-refractivity contribution in [2.45, 2.75) is 168 Å². The van der Waals surface area contributed by atoms with Crippen LogP contribution < -0.4 is 0 Å². The fourth-order valence-corrected chi connectivity index (χ4v) is 4.86. The van der Waals surface area contributed by atoms with E-state index in [1.807, 2.05) is 0 Å². The molecule has 0 fully saturated rings. The van der Waals surface area contributed by atoms with Gasteiger partial charge in [-0.1, -0.05) is 145 Å². The number of carboxylic acid groups (broad SMARTS) is 1. The van der Waals surface area contributed by atoms with E-state index in [0.29, 0.717) is 19.3 Å². The molecule has 0 spiro atoms. The van der Waals surface area contributed by atoms with Crippen LogP contribution in [0.3, 0.4) is 0 Å². The summed E-state index contributed by atoms with van der Waals surface area (Å²) in [5.74, 6) is -0.854. The van der Waals surface area contributed by atoms with Crippen LogP contribution in [0.4, 0.5) is 0 Å². The summed E-state index contributed by atoms with van der Waals surface area (Å²) in [5.41, 5.74) is 0. The molecule has 0 saturated carbocycles. The van der Waals surface area contributed by atoms with Crippen molar-refractivity contribution in [1.29, 1.82) is 0 Å². The van der Waals surface area contributed by atoms with Gasteiger partial charge in [-0.15, -0.1) is 0 Å². The summed E-state index contributed by atoms with van der Waals surface area (Å²) < 4.78 is 5.87. The minimum absolute atomic E-state index is 0.0397. The van der Waals surface area contributed by atoms with Crippen LogP contribution in [0.2, 0.25) is 0 Å². The van der Waals surface area contributed by atoms with E-state index < -0.39 is 5.97 Å². The quantitative estimate of drug-likeness (QED) is 0.0482. The highest BCUT2D eigenvalue weighted by atomic mass is 16.5. The van der Waals surface area contributed by atoms with Crippen LogP contribution in [-0.2, 0) is 14.3 Å². The number of rotatable bonds is 31. The minimum Gasteiger partial charge on any atom is -0.481 e. The third-order valence-electron chi connectivity index (χ3n) is 7.46. The third kappa shape index (κ3) is 33.9. The number of esters is 1. The minimum atomic E-state index is -0.739. The summed E-state index contributed by atoms with van der Waals surface area (Å²) in [6.45, 7) is 4.40. The van der Waals surface area contributed by atoms with Gasteiger partial charge in [-0.25, -0.2) is 0 Å². The molecule has 250 valence electrons. The van der Waals surface area contributed by atoms with E-state index in [9.17, 15) is 9.59 Å². The molecule has 0 aliphatic carbocycles. The molecule has 0 aromatic rings. The monoisotopic (exact) mass is 610 g/mol. The molecule has 0 aliphatic heterocycles. The van der Waals surface area contributed by atoms with Gasteiger partial charge < -0.3 is 9.84 Å². The van der Waals surface area contributed by atoms with Crippen molar-refractivity contribution in [3.05, 3.63) is 72.9 Å². The number of hydrogen-bond donors (Lipinski definition) is 1. The highest BCUT2D eigenvalue weighted by Crippen LogP contribution is 2.18. The number of hydrogen-bond acceptors (Lipinski definition) is 3. The number of carbonyl (C=O) groups is 2.